The summed E-state index contributed by atoms with van der Waals surface area (Å²) in [6.45, 7) is 2.02. The third-order valence-electron chi connectivity index (χ3n) is 15.6. The zero-order valence-electron chi connectivity index (χ0n) is 46.5. The second-order valence-electron chi connectivity index (χ2n) is 21.2. The van der Waals surface area contributed by atoms with Gasteiger partial charge in [0.15, 0.2) is 0 Å². The van der Waals surface area contributed by atoms with Crippen molar-refractivity contribution in [3.8, 4) is 0 Å². The first kappa shape index (κ1) is 52.9. The largest absolute Gasteiger partial charge is 0.340 e. The molecule has 0 unspecified atom stereocenters. The first-order chi connectivity index (χ1) is 40.7. The summed E-state index contributed by atoms with van der Waals surface area (Å²) in [6.07, 6.45) is 22.5. The summed E-state index contributed by atoms with van der Waals surface area (Å²) < 4.78 is 5.07. The predicted octanol–water partition coefficient (Wildman–Crippen LogP) is 20.4. The number of unbranched alkanes of at least 4 members (excludes halogenated alkanes) is 7. The maximum Gasteiger partial charge on any atom is 0.0653 e. The maximum absolute atomic E-state index is 5.10. The fourth-order valence-electron chi connectivity index (χ4n) is 11.3. The van der Waals surface area contributed by atoms with Gasteiger partial charge in [-0.1, -0.05) is 233 Å². The number of hydrogen-bond acceptors (Lipinski definition) is 4. The monoisotopic (exact) mass is 1060 g/mol. The van der Waals surface area contributed by atoms with E-state index in [4.69, 9.17) is 10.2 Å². The van der Waals surface area contributed by atoms with E-state index in [9.17, 15) is 0 Å². The van der Waals surface area contributed by atoms with Gasteiger partial charge in [0.2, 0.25) is 0 Å². The Balaban J connectivity index is 0.638. The lowest BCUT2D eigenvalue weighted by Gasteiger charge is -2.19. The molecule has 2 aromatic heterocycles. The highest BCUT2D eigenvalue weighted by Gasteiger charge is 2.15. The molecule has 0 saturated heterocycles. The van der Waals surface area contributed by atoms with Crippen LogP contribution in [-0.2, 0) is 13.1 Å². The number of benzene rings is 10. The van der Waals surface area contributed by atoms with Crippen LogP contribution in [0.2, 0.25) is 0 Å². The van der Waals surface area contributed by atoms with E-state index in [1.165, 1.54) is 93.3 Å². The maximum atomic E-state index is 5.10. The lowest BCUT2D eigenvalue weighted by atomic mass is 10.1. The van der Waals surface area contributed by atoms with Gasteiger partial charge in [0.1, 0.15) is 0 Å². The molecule has 0 aliphatic heterocycles. The molecule has 0 spiro atoms. The minimum Gasteiger partial charge on any atom is -0.340 e. The third kappa shape index (κ3) is 12.6. The van der Waals surface area contributed by atoms with E-state index >= 15 is 0 Å². The molecule has 6 heteroatoms. The smallest absolute Gasteiger partial charge is 0.0653 e. The Morgan fingerprint density at radius 1 is 0.256 bits per heavy atom. The Bertz CT molecular complexity index is 3860. The Morgan fingerprint density at radius 3 is 0.939 bits per heavy atom. The van der Waals surface area contributed by atoms with Crippen LogP contribution in [-0.4, -0.2) is 21.6 Å². The number of nitrogens with zero attached hydrogens (tertiary/aromatic N) is 6. The molecule has 82 heavy (non-hydrogen) atoms. The van der Waals surface area contributed by atoms with Crippen LogP contribution in [0.1, 0.15) is 84.7 Å². The number of rotatable bonds is 23. The molecule has 0 bridgehead atoms. The lowest BCUT2D eigenvalue weighted by molar-refractivity contribution is 0.536. The van der Waals surface area contributed by atoms with E-state index in [0.29, 0.717) is 0 Å². The average molecular weight is 1070 g/mol. The van der Waals surface area contributed by atoms with Gasteiger partial charge in [0, 0.05) is 56.7 Å². The van der Waals surface area contributed by atoms with E-state index in [0.717, 1.165) is 70.9 Å². The van der Waals surface area contributed by atoms with Crippen molar-refractivity contribution >= 4 is 103 Å². The Labute approximate surface area is 482 Å². The number of hydrazone groups is 2. The Morgan fingerprint density at radius 2 is 0.549 bits per heavy atom. The van der Waals surface area contributed by atoms with E-state index in [1.54, 1.807) is 0 Å². The Kier molecular flexibility index (Phi) is 16.8. The van der Waals surface area contributed by atoms with Crippen LogP contribution in [0.5, 0.6) is 0 Å². The topological polar surface area (TPSA) is 41.1 Å². The number of hydrogen-bond donors (Lipinski definition) is 0. The Hall–Kier alpha value is -9.78. The van der Waals surface area contributed by atoms with Crippen molar-refractivity contribution in [3.05, 3.63) is 288 Å². The van der Waals surface area contributed by atoms with Crippen molar-refractivity contribution < 1.29 is 0 Å². The van der Waals surface area contributed by atoms with E-state index in [2.05, 4.69) is 264 Å². The quantitative estimate of drug-likeness (QED) is 0.0277. The van der Waals surface area contributed by atoms with Gasteiger partial charge < -0.3 is 9.13 Å². The lowest BCUT2D eigenvalue weighted by Crippen LogP contribution is -2.09. The van der Waals surface area contributed by atoms with Crippen molar-refractivity contribution in [1.29, 1.82) is 0 Å². The van der Waals surface area contributed by atoms with Gasteiger partial charge >= 0.3 is 0 Å². The molecule has 0 aliphatic rings. The second kappa shape index (κ2) is 26.0. The second-order valence-corrected chi connectivity index (χ2v) is 21.2. The van der Waals surface area contributed by atoms with E-state index < -0.39 is 0 Å². The third-order valence-corrected chi connectivity index (χ3v) is 15.6. The average Bonchev–Trinajstić information content (AvgIpc) is 4.23. The summed E-state index contributed by atoms with van der Waals surface area (Å²) >= 11 is 0. The SMILES string of the molecule is C(=Cc1ccc(N(N=Cc2ccc3c(c2)c2ccccc2n3CCCCCCCCCCn2c3ccccc3c3cc(C=NN(c4ccccc4)c4ccc(C=Cc5ccccc5)cc4)ccc32)c2ccccc2)cc1)c1ccccc1. The van der Waals surface area contributed by atoms with Crippen LogP contribution < -0.4 is 10.0 Å². The molecule has 2 heterocycles. The van der Waals surface area contributed by atoms with Crippen LogP contribution >= 0.6 is 0 Å². The van der Waals surface area contributed by atoms with Crippen LogP contribution in [0.4, 0.5) is 22.7 Å². The molecule has 12 rings (SSSR count). The first-order valence-corrected chi connectivity index (χ1v) is 29.2. The first-order valence-electron chi connectivity index (χ1n) is 29.2. The van der Waals surface area contributed by atoms with Gasteiger partial charge in [-0.3, -0.25) is 0 Å². The van der Waals surface area contributed by atoms with Gasteiger partial charge in [-0.15, -0.1) is 0 Å². The molecule has 10 aromatic carbocycles. The number of aromatic nitrogens is 2. The summed E-state index contributed by atoms with van der Waals surface area (Å²) in [6, 6.07) is 90.1. The van der Waals surface area contributed by atoms with Gasteiger partial charge in [0.05, 0.1) is 35.2 Å². The molecular formula is C76H68N6. The molecule has 0 atom stereocenters. The van der Waals surface area contributed by atoms with Crippen molar-refractivity contribution in [2.24, 2.45) is 10.2 Å². The minimum absolute atomic E-state index is 1.00. The highest BCUT2D eigenvalue weighted by atomic mass is 15.5. The van der Waals surface area contributed by atoms with Gasteiger partial charge in [-0.25, -0.2) is 10.0 Å². The summed E-state index contributed by atoms with van der Waals surface area (Å²) in [5.74, 6) is 0. The van der Waals surface area contributed by atoms with E-state index in [1.807, 2.05) is 46.7 Å². The summed E-state index contributed by atoms with van der Waals surface area (Å²) in [5, 5.41) is 19.4. The predicted molar refractivity (Wildman–Crippen MR) is 352 cm³/mol. The zero-order chi connectivity index (χ0) is 55.1. The van der Waals surface area contributed by atoms with Crippen LogP contribution in [0, 0.1) is 0 Å². The van der Waals surface area contributed by atoms with Gasteiger partial charge in [0.25, 0.3) is 0 Å². The van der Waals surface area contributed by atoms with Crippen LogP contribution in [0.3, 0.4) is 0 Å². The van der Waals surface area contributed by atoms with Crippen molar-refractivity contribution in [1.82, 2.24) is 9.13 Å². The number of anilines is 4. The molecule has 12 aromatic rings. The van der Waals surface area contributed by atoms with Crippen LogP contribution in [0.15, 0.2) is 265 Å². The molecule has 0 N–H and O–H groups in total. The number of fused-ring (bicyclic) bond motifs is 6. The van der Waals surface area contributed by atoms with Crippen LogP contribution in [0.25, 0.3) is 67.9 Å². The summed E-state index contributed by atoms with van der Waals surface area (Å²) in [5.41, 5.74) is 16.0. The molecule has 402 valence electrons. The van der Waals surface area contributed by atoms with Crippen molar-refractivity contribution in [2.45, 2.75) is 64.5 Å². The van der Waals surface area contributed by atoms with E-state index in [-0.39, 0.29) is 0 Å². The van der Waals surface area contributed by atoms with Crippen molar-refractivity contribution in [3.63, 3.8) is 0 Å². The summed E-state index contributed by atoms with van der Waals surface area (Å²) in [7, 11) is 0. The molecule has 0 amide bonds. The number of aryl methyl sites for hydroxylation is 2. The number of para-hydroxylation sites is 4. The highest BCUT2D eigenvalue weighted by Crippen LogP contribution is 2.34. The van der Waals surface area contributed by atoms with Gasteiger partial charge in [-0.05, 0) is 131 Å². The fraction of sp³-hybridized carbons (Fsp3) is 0.132. The normalized spacial score (nSPS) is 12.0. The molecular weight excluding hydrogens is 997 g/mol. The molecule has 0 saturated carbocycles. The molecule has 0 fully saturated rings. The fourth-order valence-corrected chi connectivity index (χ4v) is 11.3. The highest BCUT2D eigenvalue weighted by molar-refractivity contribution is 6.10. The summed E-state index contributed by atoms with van der Waals surface area (Å²) in [4.78, 5) is 0. The molecule has 0 radical (unpaired) electrons. The van der Waals surface area contributed by atoms with Gasteiger partial charge in [-0.2, -0.15) is 10.2 Å². The standard InChI is InChI=1S/C76H68N6/c1(3-5-23-53-79-73-35-21-19-33-69(73)71-55-63(45-51-75(71)79)57-77-81(65-29-15-9-16-30-65)67-47-41-61(42-48-67)39-37-59-25-11-7-12-26-59)2-4-6-24-54-80-74-36-22-20-34-70(74)72-56-64(46-52-76(72)80)58-78-82(66-31-17-10-18-32-66)68-49-43-62(44-50-68)40-38-60-27-13-8-14-28-60/h7-22,25-52,55-58H,1-6,23-24,53-54H2. The molecule has 0 aliphatic carbocycles. The van der Waals surface area contributed by atoms with Crippen molar-refractivity contribution in [2.75, 3.05) is 10.0 Å². The minimum atomic E-state index is 1.00. The zero-order valence-corrected chi connectivity index (χ0v) is 46.5. The molecule has 6 nitrogen and oxygen atoms in total.